The summed E-state index contributed by atoms with van der Waals surface area (Å²) in [5.41, 5.74) is 3.14. The molecule has 0 unspecified atom stereocenters. The number of thiazole rings is 1. The van der Waals surface area contributed by atoms with Gasteiger partial charge in [-0.15, -0.1) is 11.3 Å². The molecule has 1 aromatic heterocycles. The Morgan fingerprint density at radius 2 is 1.72 bits per heavy atom. The fourth-order valence-corrected chi connectivity index (χ4v) is 7.11. The molecule has 4 aromatic carbocycles. The summed E-state index contributed by atoms with van der Waals surface area (Å²) in [7, 11) is -3.50. The Morgan fingerprint density at radius 1 is 0.936 bits per heavy atom. The van der Waals surface area contributed by atoms with Crippen LogP contribution in [0.3, 0.4) is 0 Å². The van der Waals surface area contributed by atoms with Gasteiger partial charge in [-0.2, -0.15) is 0 Å². The molecule has 0 bridgehead atoms. The van der Waals surface area contributed by atoms with E-state index in [2.05, 4.69) is 10.3 Å². The van der Waals surface area contributed by atoms with Crippen LogP contribution >= 0.6 is 34.5 Å². The number of sulfone groups is 1. The number of nitrogens with zero attached hydrogens (tertiary/aromatic N) is 1. The van der Waals surface area contributed by atoms with Gasteiger partial charge < -0.3 is 14.8 Å². The number of carbonyl (C=O) groups excluding carboxylic acids is 2. The summed E-state index contributed by atoms with van der Waals surface area (Å²) in [4.78, 5) is 30.2. The van der Waals surface area contributed by atoms with Crippen LogP contribution in [0, 0.1) is 0 Å². The zero-order valence-corrected chi connectivity index (χ0v) is 28.4. The number of rotatable bonds is 13. The molecular formula is C35H30Cl2N2O6S2. The van der Waals surface area contributed by atoms with E-state index in [0.717, 1.165) is 26.4 Å². The number of esters is 1. The smallest absolute Gasteiger partial charge is 0.344 e. The van der Waals surface area contributed by atoms with Crippen molar-refractivity contribution in [2.24, 2.45) is 0 Å². The number of hydrogen-bond donors (Lipinski definition) is 1. The summed E-state index contributed by atoms with van der Waals surface area (Å²) in [5.74, 6) is -0.728. The van der Waals surface area contributed by atoms with Gasteiger partial charge in [-0.05, 0) is 104 Å². The highest BCUT2D eigenvalue weighted by Crippen LogP contribution is 2.29. The molecule has 0 radical (unpaired) electrons. The van der Waals surface area contributed by atoms with E-state index in [-0.39, 0.29) is 29.6 Å². The predicted molar refractivity (Wildman–Crippen MR) is 188 cm³/mol. The van der Waals surface area contributed by atoms with E-state index in [4.69, 9.17) is 32.7 Å². The molecule has 0 saturated carbocycles. The van der Waals surface area contributed by atoms with E-state index in [1.807, 2.05) is 36.4 Å². The second-order valence-corrected chi connectivity index (χ2v) is 14.4. The van der Waals surface area contributed by atoms with Crippen LogP contribution in [0.2, 0.25) is 10.0 Å². The van der Waals surface area contributed by atoms with Gasteiger partial charge in [0.2, 0.25) is 0 Å². The number of anilines is 1. The van der Waals surface area contributed by atoms with Gasteiger partial charge in [0.1, 0.15) is 10.8 Å². The first-order valence-corrected chi connectivity index (χ1v) is 17.9. The molecule has 0 aliphatic carbocycles. The zero-order valence-electron chi connectivity index (χ0n) is 25.2. The molecule has 0 spiro atoms. The average Bonchev–Trinajstić information content (AvgIpc) is 3.46. The molecule has 47 heavy (non-hydrogen) atoms. The highest BCUT2D eigenvalue weighted by Gasteiger charge is 2.16. The second kappa shape index (κ2) is 15.6. The zero-order chi connectivity index (χ0) is 33.4. The van der Waals surface area contributed by atoms with E-state index < -0.39 is 21.7 Å². The second-order valence-electron chi connectivity index (χ2n) is 10.4. The predicted octanol–water partition coefficient (Wildman–Crippen LogP) is 8.37. The highest BCUT2D eigenvalue weighted by atomic mass is 35.5. The maximum atomic E-state index is 13.4. The van der Waals surface area contributed by atoms with Crippen molar-refractivity contribution in [2.45, 2.75) is 24.7 Å². The maximum absolute atomic E-state index is 13.4. The fourth-order valence-electron chi connectivity index (χ4n) is 4.66. The summed E-state index contributed by atoms with van der Waals surface area (Å²) in [6.07, 6.45) is 4.53. The van der Waals surface area contributed by atoms with Crippen molar-refractivity contribution in [1.82, 2.24) is 4.98 Å². The van der Waals surface area contributed by atoms with Crippen molar-refractivity contribution in [1.29, 1.82) is 0 Å². The molecule has 0 aliphatic heterocycles. The molecule has 5 rings (SSSR count). The van der Waals surface area contributed by atoms with Crippen molar-refractivity contribution in [3.8, 4) is 5.75 Å². The first-order chi connectivity index (χ1) is 22.6. The minimum absolute atomic E-state index is 0.0670. The SMILES string of the molecule is CCOC(=O)COc1ccc(CCCS(=O)(=O)c2ccc(Cl)cc2)cc1NC(=O)c1cccc(/C=C/c2nc3cc(Cl)ccc3s2)c1. The lowest BCUT2D eigenvalue weighted by atomic mass is 10.1. The number of aryl methyl sites for hydroxylation is 1. The number of benzene rings is 4. The average molecular weight is 710 g/mol. The van der Waals surface area contributed by atoms with Gasteiger partial charge in [0.15, 0.2) is 16.4 Å². The lowest BCUT2D eigenvalue weighted by Crippen LogP contribution is -2.17. The third kappa shape index (κ3) is 9.42. The first kappa shape index (κ1) is 34.1. The van der Waals surface area contributed by atoms with Crippen molar-refractivity contribution in [3.05, 3.63) is 117 Å². The topological polar surface area (TPSA) is 112 Å². The van der Waals surface area contributed by atoms with E-state index in [1.54, 1.807) is 55.5 Å². The van der Waals surface area contributed by atoms with Crippen molar-refractivity contribution >= 4 is 84.3 Å². The van der Waals surface area contributed by atoms with Gasteiger partial charge in [-0.3, -0.25) is 4.79 Å². The quantitative estimate of drug-likeness (QED) is 0.122. The summed E-state index contributed by atoms with van der Waals surface area (Å²) < 4.78 is 37.3. The minimum atomic E-state index is -3.50. The van der Waals surface area contributed by atoms with E-state index >= 15 is 0 Å². The van der Waals surface area contributed by atoms with E-state index in [9.17, 15) is 18.0 Å². The molecule has 12 heteroatoms. The Kier molecular flexibility index (Phi) is 11.3. The Morgan fingerprint density at radius 3 is 2.51 bits per heavy atom. The lowest BCUT2D eigenvalue weighted by molar-refractivity contribution is -0.145. The van der Waals surface area contributed by atoms with Crippen LogP contribution < -0.4 is 10.1 Å². The minimum Gasteiger partial charge on any atom is -0.480 e. The molecule has 0 aliphatic rings. The van der Waals surface area contributed by atoms with Gasteiger partial charge in [0, 0.05) is 15.6 Å². The van der Waals surface area contributed by atoms with E-state index in [1.165, 1.54) is 23.5 Å². The summed E-state index contributed by atoms with van der Waals surface area (Å²) in [6, 6.07) is 23.9. The Hall–Kier alpha value is -4.22. The summed E-state index contributed by atoms with van der Waals surface area (Å²) in [6.45, 7) is 1.57. The summed E-state index contributed by atoms with van der Waals surface area (Å²) >= 11 is 13.5. The monoisotopic (exact) mass is 708 g/mol. The molecule has 1 N–H and O–H groups in total. The molecule has 0 atom stereocenters. The Bertz CT molecular complexity index is 2040. The van der Waals surface area contributed by atoms with Crippen LogP contribution in [0.4, 0.5) is 5.69 Å². The molecule has 242 valence electrons. The van der Waals surface area contributed by atoms with Crippen LogP contribution in [-0.4, -0.2) is 44.2 Å². The first-order valence-electron chi connectivity index (χ1n) is 14.6. The van der Waals surface area contributed by atoms with Crippen molar-refractivity contribution in [2.75, 3.05) is 24.3 Å². The maximum Gasteiger partial charge on any atom is 0.344 e. The largest absolute Gasteiger partial charge is 0.480 e. The van der Waals surface area contributed by atoms with Gasteiger partial charge in [0.25, 0.3) is 5.91 Å². The van der Waals surface area contributed by atoms with Crippen LogP contribution in [0.5, 0.6) is 5.75 Å². The Labute approximate surface area is 286 Å². The molecule has 1 amide bonds. The molecular weight excluding hydrogens is 679 g/mol. The van der Waals surface area contributed by atoms with Gasteiger partial charge in [-0.1, -0.05) is 47.5 Å². The number of carbonyl (C=O) groups is 2. The molecule has 1 heterocycles. The molecule has 0 fully saturated rings. The van der Waals surface area contributed by atoms with Crippen LogP contribution in [0.1, 0.15) is 39.8 Å². The third-order valence-corrected chi connectivity index (χ3v) is 10.2. The number of aromatic nitrogens is 1. The van der Waals surface area contributed by atoms with Gasteiger partial charge in [0.05, 0.1) is 33.2 Å². The number of fused-ring (bicyclic) bond motifs is 1. The standard InChI is InChI=1S/C35H30Cl2N2O6S2/c1-2-44-34(40)22-45-31-15-8-24(6-4-18-47(42,43)28-13-10-26(36)11-14-28)20-29(31)39-35(41)25-7-3-5-23(19-25)9-17-33-38-30-21-27(37)12-16-32(30)46-33/h3,5,7-17,19-21H,2,4,6,18,22H2,1H3,(H,39,41)/b17-9+. The van der Waals surface area contributed by atoms with Crippen molar-refractivity contribution in [3.63, 3.8) is 0 Å². The number of ether oxygens (including phenoxy) is 2. The molecule has 8 nitrogen and oxygen atoms in total. The highest BCUT2D eigenvalue weighted by molar-refractivity contribution is 7.91. The van der Waals surface area contributed by atoms with E-state index in [0.29, 0.717) is 34.1 Å². The van der Waals surface area contributed by atoms with Crippen LogP contribution in [-0.2, 0) is 25.8 Å². The third-order valence-electron chi connectivity index (χ3n) is 6.93. The molecule has 0 saturated heterocycles. The number of hydrogen-bond acceptors (Lipinski definition) is 8. The lowest BCUT2D eigenvalue weighted by Gasteiger charge is -2.14. The van der Waals surface area contributed by atoms with Crippen LogP contribution in [0.25, 0.3) is 22.4 Å². The number of nitrogens with one attached hydrogen (secondary N) is 1. The van der Waals surface area contributed by atoms with Crippen LogP contribution in [0.15, 0.2) is 89.8 Å². The van der Waals surface area contributed by atoms with Gasteiger partial charge in [-0.25, -0.2) is 18.2 Å². The van der Waals surface area contributed by atoms with Crippen molar-refractivity contribution < 1.29 is 27.5 Å². The normalized spacial score (nSPS) is 11.6. The summed E-state index contributed by atoms with van der Waals surface area (Å²) in [5, 5.41) is 4.78. The fraction of sp³-hybridized carbons (Fsp3) is 0.171. The number of halogens is 2. The molecule has 5 aromatic rings. The number of amides is 1. The Balaban J connectivity index is 1.30. The van der Waals surface area contributed by atoms with Gasteiger partial charge >= 0.3 is 5.97 Å².